The summed E-state index contributed by atoms with van der Waals surface area (Å²) < 4.78 is 39.3. The second kappa shape index (κ2) is 4.25. The van der Waals surface area contributed by atoms with Crippen LogP contribution < -0.4 is 5.73 Å². The van der Waals surface area contributed by atoms with Crippen molar-refractivity contribution < 1.29 is 13.2 Å². The minimum Gasteiger partial charge on any atom is -0.326 e. The minimum atomic E-state index is -4.33. The molecule has 2 N–H and O–H groups in total. The molecule has 0 bridgehead atoms. The van der Waals surface area contributed by atoms with Gasteiger partial charge in [-0.05, 0) is 35.9 Å². The Kier molecular flexibility index (Phi) is 2.93. The average Bonchev–Trinajstić information content (AvgIpc) is 2.80. The van der Waals surface area contributed by atoms with Gasteiger partial charge in [0.2, 0.25) is 0 Å². The maximum absolute atomic E-state index is 12.5. The zero-order valence-electron chi connectivity index (χ0n) is 8.91. The SMILES string of the molecule is NCc1cc(C(F)(F)F)ccc1-n1cccc1. The highest BCUT2D eigenvalue weighted by atomic mass is 19.4. The number of nitrogens with zero attached hydrogens (tertiary/aromatic N) is 1. The van der Waals surface area contributed by atoms with Crippen molar-refractivity contribution in [3.05, 3.63) is 53.9 Å². The molecule has 0 radical (unpaired) electrons. The van der Waals surface area contributed by atoms with Crippen molar-refractivity contribution in [2.24, 2.45) is 5.73 Å². The fourth-order valence-corrected chi connectivity index (χ4v) is 1.67. The molecule has 0 aliphatic heterocycles. The third-order valence-corrected chi connectivity index (χ3v) is 2.51. The van der Waals surface area contributed by atoms with Gasteiger partial charge in [0.1, 0.15) is 0 Å². The number of rotatable bonds is 2. The van der Waals surface area contributed by atoms with E-state index in [1.165, 1.54) is 6.07 Å². The lowest BCUT2D eigenvalue weighted by molar-refractivity contribution is -0.137. The van der Waals surface area contributed by atoms with Crippen LogP contribution in [0.3, 0.4) is 0 Å². The van der Waals surface area contributed by atoms with E-state index in [-0.39, 0.29) is 6.54 Å². The van der Waals surface area contributed by atoms with E-state index in [2.05, 4.69) is 0 Å². The normalized spacial score (nSPS) is 11.8. The number of hydrogen-bond donors (Lipinski definition) is 1. The van der Waals surface area contributed by atoms with Gasteiger partial charge in [-0.1, -0.05) is 0 Å². The Morgan fingerprint density at radius 2 is 1.76 bits per heavy atom. The molecule has 17 heavy (non-hydrogen) atoms. The van der Waals surface area contributed by atoms with Crippen LogP contribution in [0.1, 0.15) is 11.1 Å². The Bertz CT molecular complexity index is 501. The monoisotopic (exact) mass is 240 g/mol. The zero-order chi connectivity index (χ0) is 12.5. The van der Waals surface area contributed by atoms with Crippen molar-refractivity contribution in [3.8, 4) is 5.69 Å². The van der Waals surface area contributed by atoms with Gasteiger partial charge in [0.05, 0.1) is 5.56 Å². The van der Waals surface area contributed by atoms with Crippen LogP contribution in [-0.2, 0) is 12.7 Å². The Labute approximate surface area is 96.5 Å². The van der Waals surface area contributed by atoms with E-state index in [9.17, 15) is 13.2 Å². The van der Waals surface area contributed by atoms with Gasteiger partial charge < -0.3 is 10.3 Å². The lowest BCUT2D eigenvalue weighted by Gasteiger charge is -2.13. The first-order valence-electron chi connectivity index (χ1n) is 5.06. The summed E-state index contributed by atoms with van der Waals surface area (Å²) in [6.07, 6.45) is -0.803. The molecule has 1 aromatic heterocycles. The molecule has 0 aliphatic rings. The van der Waals surface area contributed by atoms with Crippen molar-refractivity contribution in [3.63, 3.8) is 0 Å². The molecule has 0 atom stereocenters. The number of halogens is 3. The smallest absolute Gasteiger partial charge is 0.326 e. The van der Waals surface area contributed by atoms with Crippen LogP contribution in [0.5, 0.6) is 0 Å². The maximum atomic E-state index is 12.5. The number of nitrogens with two attached hydrogens (primary N) is 1. The van der Waals surface area contributed by atoms with Crippen molar-refractivity contribution >= 4 is 0 Å². The topological polar surface area (TPSA) is 30.9 Å². The minimum absolute atomic E-state index is 0.0669. The van der Waals surface area contributed by atoms with E-state index >= 15 is 0 Å². The molecule has 1 aromatic carbocycles. The summed E-state index contributed by atoms with van der Waals surface area (Å²) in [5.74, 6) is 0. The molecular weight excluding hydrogens is 229 g/mol. The summed E-state index contributed by atoms with van der Waals surface area (Å²) in [5, 5.41) is 0. The second-order valence-electron chi connectivity index (χ2n) is 3.64. The van der Waals surface area contributed by atoms with Crippen LogP contribution in [0.2, 0.25) is 0 Å². The highest BCUT2D eigenvalue weighted by molar-refractivity contribution is 5.44. The highest BCUT2D eigenvalue weighted by Gasteiger charge is 2.30. The summed E-state index contributed by atoms with van der Waals surface area (Å²) in [7, 11) is 0. The van der Waals surface area contributed by atoms with Gasteiger partial charge >= 0.3 is 6.18 Å². The van der Waals surface area contributed by atoms with Crippen LogP contribution in [0, 0.1) is 0 Å². The fourth-order valence-electron chi connectivity index (χ4n) is 1.67. The summed E-state index contributed by atoms with van der Waals surface area (Å²) in [5.41, 5.74) is 5.96. The largest absolute Gasteiger partial charge is 0.416 e. The third kappa shape index (κ3) is 2.34. The first kappa shape index (κ1) is 11.7. The van der Waals surface area contributed by atoms with E-state index in [0.717, 1.165) is 12.1 Å². The molecule has 0 spiro atoms. The third-order valence-electron chi connectivity index (χ3n) is 2.51. The van der Waals surface area contributed by atoms with Crippen molar-refractivity contribution in [1.29, 1.82) is 0 Å². The quantitative estimate of drug-likeness (QED) is 0.859. The Hall–Kier alpha value is -1.75. The first-order chi connectivity index (χ1) is 8.02. The van der Waals surface area contributed by atoms with Gasteiger partial charge in [0, 0.05) is 24.6 Å². The predicted molar refractivity (Wildman–Crippen MR) is 58.7 cm³/mol. The lowest BCUT2D eigenvalue weighted by atomic mass is 10.1. The van der Waals surface area contributed by atoms with Gasteiger partial charge in [-0.2, -0.15) is 13.2 Å². The molecular formula is C12H11F3N2. The molecule has 2 nitrogen and oxygen atoms in total. The first-order valence-corrected chi connectivity index (χ1v) is 5.06. The van der Waals surface area contributed by atoms with Crippen molar-refractivity contribution in [1.82, 2.24) is 4.57 Å². The van der Waals surface area contributed by atoms with Crippen LogP contribution in [-0.4, -0.2) is 4.57 Å². The second-order valence-corrected chi connectivity index (χ2v) is 3.64. The molecule has 0 amide bonds. The zero-order valence-corrected chi connectivity index (χ0v) is 8.91. The number of aromatic nitrogens is 1. The van der Waals surface area contributed by atoms with E-state index in [1.807, 2.05) is 0 Å². The van der Waals surface area contributed by atoms with E-state index in [1.54, 1.807) is 29.1 Å². The average molecular weight is 240 g/mol. The van der Waals surface area contributed by atoms with Crippen molar-refractivity contribution in [2.45, 2.75) is 12.7 Å². The van der Waals surface area contributed by atoms with Crippen LogP contribution in [0.4, 0.5) is 13.2 Å². The Morgan fingerprint density at radius 3 is 2.29 bits per heavy atom. The molecule has 2 aromatic rings. The van der Waals surface area contributed by atoms with Crippen LogP contribution in [0.25, 0.3) is 5.69 Å². The predicted octanol–water partition coefficient (Wildman–Crippen LogP) is 2.95. The van der Waals surface area contributed by atoms with Gasteiger partial charge in [-0.25, -0.2) is 0 Å². The summed E-state index contributed by atoms with van der Waals surface area (Å²) in [6.45, 7) is 0.0669. The highest BCUT2D eigenvalue weighted by Crippen LogP contribution is 2.31. The fraction of sp³-hybridized carbons (Fsp3) is 0.167. The summed E-state index contributed by atoms with van der Waals surface area (Å²) >= 11 is 0. The molecule has 0 unspecified atom stereocenters. The van der Waals surface area contributed by atoms with Crippen molar-refractivity contribution in [2.75, 3.05) is 0 Å². The molecule has 1 heterocycles. The van der Waals surface area contributed by atoms with Gasteiger partial charge in [0.15, 0.2) is 0 Å². The summed E-state index contributed by atoms with van der Waals surface area (Å²) in [4.78, 5) is 0. The Morgan fingerprint density at radius 1 is 1.12 bits per heavy atom. The molecule has 5 heteroatoms. The number of benzene rings is 1. The number of alkyl halides is 3. The summed E-state index contributed by atoms with van der Waals surface area (Å²) in [6, 6.07) is 7.20. The molecule has 0 aliphatic carbocycles. The maximum Gasteiger partial charge on any atom is 0.416 e. The van der Waals surface area contributed by atoms with Crippen LogP contribution >= 0.6 is 0 Å². The Balaban J connectivity index is 2.50. The molecule has 0 saturated heterocycles. The molecule has 2 rings (SSSR count). The van der Waals surface area contributed by atoms with E-state index < -0.39 is 11.7 Å². The lowest BCUT2D eigenvalue weighted by Crippen LogP contribution is -2.09. The molecule has 0 saturated carbocycles. The molecule has 0 fully saturated rings. The number of hydrogen-bond acceptors (Lipinski definition) is 1. The van der Waals surface area contributed by atoms with Gasteiger partial charge in [-0.3, -0.25) is 0 Å². The van der Waals surface area contributed by atoms with E-state index in [0.29, 0.717) is 11.3 Å². The molecule has 90 valence electrons. The standard InChI is InChI=1S/C12H11F3N2/c13-12(14,15)10-3-4-11(9(7-10)8-16)17-5-1-2-6-17/h1-7H,8,16H2. The van der Waals surface area contributed by atoms with Crippen LogP contribution in [0.15, 0.2) is 42.7 Å². The van der Waals surface area contributed by atoms with E-state index in [4.69, 9.17) is 5.73 Å². The van der Waals surface area contributed by atoms with Gasteiger partial charge in [-0.15, -0.1) is 0 Å². The van der Waals surface area contributed by atoms with Gasteiger partial charge in [0.25, 0.3) is 0 Å².